The first kappa shape index (κ1) is 13.3. The molecule has 0 bridgehead atoms. The minimum Gasteiger partial charge on any atom is -0.396 e. The number of anilines is 1. The van der Waals surface area contributed by atoms with Crippen LogP contribution in [0, 0.1) is 5.92 Å². The average Bonchev–Trinajstić information content (AvgIpc) is 2.93. The second-order valence-electron chi connectivity index (χ2n) is 5.29. The third kappa shape index (κ3) is 3.67. The zero-order chi connectivity index (χ0) is 12.8. The molecular formula is C14H23N3O. The average molecular weight is 249 g/mol. The molecule has 0 amide bonds. The fourth-order valence-electron chi connectivity index (χ4n) is 2.43. The van der Waals surface area contributed by atoms with Gasteiger partial charge in [-0.25, -0.2) is 9.97 Å². The lowest BCUT2D eigenvalue weighted by molar-refractivity contribution is 0.233. The van der Waals surface area contributed by atoms with Crippen molar-refractivity contribution in [2.45, 2.75) is 44.9 Å². The molecule has 0 unspecified atom stereocenters. The Labute approximate surface area is 109 Å². The zero-order valence-corrected chi connectivity index (χ0v) is 11.1. The lowest BCUT2D eigenvalue weighted by Gasteiger charge is -2.11. The summed E-state index contributed by atoms with van der Waals surface area (Å²) in [5, 5.41) is 12.2. The Kier molecular flexibility index (Phi) is 4.93. The van der Waals surface area contributed by atoms with Gasteiger partial charge in [0, 0.05) is 31.0 Å². The van der Waals surface area contributed by atoms with Gasteiger partial charge in [-0.3, -0.25) is 0 Å². The normalized spacial score (nSPS) is 17.9. The number of hydrogen-bond donors (Lipinski definition) is 2. The van der Waals surface area contributed by atoms with Gasteiger partial charge >= 0.3 is 0 Å². The highest BCUT2D eigenvalue weighted by atomic mass is 16.3. The van der Waals surface area contributed by atoms with Crippen molar-refractivity contribution in [3.05, 3.63) is 18.0 Å². The summed E-state index contributed by atoms with van der Waals surface area (Å²) in [6.45, 7) is 3.10. The molecule has 2 N–H and O–H groups in total. The molecule has 0 aliphatic heterocycles. The number of rotatable bonds is 6. The molecule has 1 aliphatic rings. The van der Waals surface area contributed by atoms with Crippen LogP contribution in [0.1, 0.15) is 50.6 Å². The Morgan fingerprint density at radius 3 is 2.94 bits per heavy atom. The molecule has 0 radical (unpaired) electrons. The Hall–Kier alpha value is -1.16. The number of aliphatic hydroxyl groups is 1. The van der Waals surface area contributed by atoms with Crippen LogP contribution in [-0.2, 0) is 0 Å². The Balaban J connectivity index is 1.86. The molecule has 0 spiro atoms. The van der Waals surface area contributed by atoms with Crippen LogP contribution in [0.5, 0.6) is 0 Å². The summed E-state index contributed by atoms with van der Waals surface area (Å²) >= 11 is 0. The molecule has 2 rings (SSSR count). The minimum absolute atomic E-state index is 0.241. The molecule has 1 fully saturated rings. The molecule has 1 atom stereocenters. The van der Waals surface area contributed by atoms with Gasteiger partial charge in [-0.15, -0.1) is 0 Å². The Bertz CT molecular complexity index is 364. The summed E-state index contributed by atoms with van der Waals surface area (Å²) < 4.78 is 0. The van der Waals surface area contributed by atoms with Gasteiger partial charge in [0.05, 0.1) is 0 Å². The predicted octanol–water partition coefficient (Wildman–Crippen LogP) is 2.56. The zero-order valence-electron chi connectivity index (χ0n) is 11.1. The molecule has 1 aliphatic carbocycles. The Morgan fingerprint density at radius 2 is 2.22 bits per heavy atom. The Morgan fingerprint density at radius 1 is 1.44 bits per heavy atom. The van der Waals surface area contributed by atoms with E-state index in [1.54, 1.807) is 0 Å². The number of aliphatic hydroxyl groups excluding tert-OH is 1. The van der Waals surface area contributed by atoms with Crippen molar-refractivity contribution in [2.75, 3.05) is 18.5 Å². The lowest BCUT2D eigenvalue weighted by atomic mass is 10.0. The van der Waals surface area contributed by atoms with E-state index in [1.807, 2.05) is 19.2 Å². The second-order valence-corrected chi connectivity index (χ2v) is 5.29. The van der Waals surface area contributed by atoms with Crippen LogP contribution in [0.15, 0.2) is 12.3 Å². The largest absolute Gasteiger partial charge is 0.396 e. The third-order valence-electron chi connectivity index (χ3n) is 3.68. The van der Waals surface area contributed by atoms with Gasteiger partial charge in [0.1, 0.15) is 0 Å². The minimum atomic E-state index is 0.241. The van der Waals surface area contributed by atoms with Crippen LogP contribution in [0.3, 0.4) is 0 Å². The number of nitrogens with one attached hydrogen (secondary N) is 1. The van der Waals surface area contributed by atoms with Gasteiger partial charge in [-0.1, -0.05) is 19.8 Å². The van der Waals surface area contributed by atoms with Crippen molar-refractivity contribution >= 4 is 5.95 Å². The molecule has 1 aromatic rings. The molecule has 4 nitrogen and oxygen atoms in total. The van der Waals surface area contributed by atoms with Crippen molar-refractivity contribution < 1.29 is 5.11 Å². The van der Waals surface area contributed by atoms with E-state index in [-0.39, 0.29) is 6.61 Å². The van der Waals surface area contributed by atoms with E-state index >= 15 is 0 Å². The van der Waals surface area contributed by atoms with E-state index in [2.05, 4.69) is 15.3 Å². The molecule has 0 aromatic carbocycles. The van der Waals surface area contributed by atoms with E-state index in [1.165, 1.54) is 31.4 Å². The van der Waals surface area contributed by atoms with E-state index in [0.29, 0.717) is 11.8 Å². The smallest absolute Gasteiger partial charge is 0.222 e. The summed E-state index contributed by atoms with van der Waals surface area (Å²) in [5.74, 6) is 1.69. The van der Waals surface area contributed by atoms with Gasteiger partial charge in [-0.2, -0.15) is 0 Å². The standard InChI is InChI=1S/C14H23N3O/c1-11(10-18)6-8-15-14-16-9-7-13(17-14)12-4-2-3-5-12/h7,9,11-12,18H,2-6,8,10H2,1H3,(H,15,16,17)/t11-/m1/s1. The first-order chi connectivity index (χ1) is 8.79. The summed E-state index contributed by atoms with van der Waals surface area (Å²) in [5.41, 5.74) is 1.18. The number of nitrogens with zero attached hydrogens (tertiary/aromatic N) is 2. The van der Waals surface area contributed by atoms with Crippen LogP contribution in [-0.4, -0.2) is 28.2 Å². The van der Waals surface area contributed by atoms with E-state index in [9.17, 15) is 0 Å². The van der Waals surface area contributed by atoms with E-state index in [0.717, 1.165) is 18.9 Å². The van der Waals surface area contributed by atoms with Crippen molar-refractivity contribution in [1.29, 1.82) is 0 Å². The number of hydrogen-bond acceptors (Lipinski definition) is 4. The molecule has 0 saturated heterocycles. The maximum absolute atomic E-state index is 8.96. The molecular weight excluding hydrogens is 226 g/mol. The first-order valence-corrected chi connectivity index (χ1v) is 6.97. The van der Waals surface area contributed by atoms with Crippen LogP contribution in [0.4, 0.5) is 5.95 Å². The van der Waals surface area contributed by atoms with Crippen LogP contribution >= 0.6 is 0 Å². The van der Waals surface area contributed by atoms with Crippen molar-refractivity contribution in [3.8, 4) is 0 Å². The SMILES string of the molecule is C[C@@H](CO)CCNc1nccc(C2CCCC2)n1. The topological polar surface area (TPSA) is 58.0 Å². The predicted molar refractivity (Wildman–Crippen MR) is 72.6 cm³/mol. The highest BCUT2D eigenvalue weighted by Gasteiger charge is 2.18. The maximum Gasteiger partial charge on any atom is 0.222 e. The molecule has 18 heavy (non-hydrogen) atoms. The highest BCUT2D eigenvalue weighted by molar-refractivity contribution is 5.26. The van der Waals surface area contributed by atoms with E-state index < -0.39 is 0 Å². The summed E-state index contributed by atoms with van der Waals surface area (Å²) in [7, 11) is 0. The third-order valence-corrected chi connectivity index (χ3v) is 3.68. The first-order valence-electron chi connectivity index (χ1n) is 6.97. The quantitative estimate of drug-likeness (QED) is 0.813. The molecule has 1 saturated carbocycles. The van der Waals surface area contributed by atoms with E-state index in [4.69, 9.17) is 5.11 Å². The summed E-state index contributed by atoms with van der Waals surface area (Å²) in [6.07, 6.45) is 7.96. The van der Waals surface area contributed by atoms with Crippen molar-refractivity contribution in [2.24, 2.45) is 5.92 Å². The summed E-state index contributed by atoms with van der Waals surface area (Å²) in [6, 6.07) is 2.04. The lowest BCUT2D eigenvalue weighted by Crippen LogP contribution is -2.12. The van der Waals surface area contributed by atoms with Gasteiger partial charge in [0.25, 0.3) is 0 Å². The molecule has 1 aromatic heterocycles. The fraction of sp³-hybridized carbons (Fsp3) is 0.714. The van der Waals surface area contributed by atoms with Crippen LogP contribution in [0.25, 0.3) is 0 Å². The molecule has 100 valence electrons. The van der Waals surface area contributed by atoms with Crippen molar-refractivity contribution in [3.63, 3.8) is 0 Å². The van der Waals surface area contributed by atoms with Gasteiger partial charge in [0.15, 0.2) is 0 Å². The monoisotopic (exact) mass is 249 g/mol. The van der Waals surface area contributed by atoms with Crippen molar-refractivity contribution in [1.82, 2.24) is 9.97 Å². The fourth-order valence-corrected chi connectivity index (χ4v) is 2.43. The van der Waals surface area contributed by atoms with Crippen LogP contribution in [0.2, 0.25) is 0 Å². The van der Waals surface area contributed by atoms with Gasteiger partial charge in [-0.05, 0) is 31.2 Å². The molecule has 4 heteroatoms. The van der Waals surface area contributed by atoms with Crippen LogP contribution < -0.4 is 5.32 Å². The highest BCUT2D eigenvalue weighted by Crippen LogP contribution is 2.32. The number of aromatic nitrogens is 2. The summed E-state index contributed by atoms with van der Waals surface area (Å²) in [4.78, 5) is 8.84. The maximum atomic E-state index is 8.96. The van der Waals surface area contributed by atoms with Gasteiger partial charge in [0.2, 0.25) is 5.95 Å². The van der Waals surface area contributed by atoms with Gasteiger partial charge < -0.3 is 10.4 Å². The molecule has 1 heterocycles. The second kappa shape index (κ2) is 6.69.